The molecule has 0 aliphatic heterocycles. The van der Waals surface area contributed by atoms with Crippen LogP contribution >= 0.6 is 0 Å². The fraction of sp³-hybridized carbons (Fsp3) is 0.176. The standard InChI is InChI=1S/C17H18N4O2/c1-10-8-11(22-2)9-14(15(10)23-3)21-17-16(18)19-12-6-4-5-7-13(12)20-17/h4-9H,1-3H3,(H2,18,19)(H,20,21). The molecule has 2 aromatic carbocycles. The van der Waals surface area contributed by atoms with Gasteiger partial charge in [-0.1, -0.05) is 12.1 Å². The van der Waals surface area contributed by atoms with Crippen LogP contribution in [0.4, 0.5) is 17.3 Å². The zero-order valence-electron chi connectivity index (χ0n) is 13.3. The summed E-state index contributed by atoms with van der Waals surface area (Å²) >= 11 is 0. The molecule has 0 radical (unpaired) electrons. The number of fused-ring (bicyclic) bond motifs is 1. The average Bonchev–Trinajstić information content (AvgIpc) is 2.55. The van der Waals surface area contributed by atoms with Crippen molar-refractivity contribution in [1.29, 1.82) is 0 Å². The number of ether oxygens (including phenoxy) is 2. The predicted molar refractivity (Wildman–Crippen MR) is 91.5 cm³/mol. The number of anilines is 3. The molecule has 1 heterocycles. The van der Waals surface area contributed by atoms with Gasteiger partial charge in [-0.15, -0.1) is 0 Å². The molecular formula is C17H18N4O2. The van der Waals surface area contributed by atoms with E-state index in [1.165, 1.54) is 0 Å². The number of nitrogens with zero attached hydrogens (tertiary/aromatic N) is 2. The lowest BCUT2D eigenvalue weighted by Crippen LogP contribution is -2.04. The minimum absolute atomic E-state index is 0.325. The Kier molecular flexibility index (Phi) is 3.89. The van der Waals surface area contributed by atoms with Crippen LogP contribution in [0.15, 0.2) is 36.4 Å². The van der Waals surface area contributed by atoms with Crippen LogP contribution in [0.3, 0.4) is 0 Å². The number of nitrogens with one attached hydrogen (secondary N) is 1. The molecule has 0 amide bonds. The van der Waals surface area contributed by atoms with E-state index in [4.69, 9.17) is 15.2 Å². The normalized spacial score (nSPS) is 10.6. The van der Waals surface area contributed by atoms with Crippen molar-refractivity contribution in [3.8, 4) is 11.5 Å². The van der Waals surface area contributed by atoms with E-state index >= 15 is 0 Å². The number of aromatic nitrogens is 2. The fourth-order valence-corrected chi connectivity index (χ4v) is 2.46. The first-order valence-electron chi connectivity index (χ1n) is 7.14. The Hall–Kier alpha value is -3.02. The number of hydrogen-bond donors (Lipinski definition) is 2. The molecule has 0 aliphatic rings. The monoisotopic (exact) mass is 310 g/mol. The van der Waals surface area contributed by atoms with Crippen LogP contribution < -0.4 is 20.5 Å². The number of nitrogens with two attached hydrogens (primary N) is 1. The van der Waals surface area contributed by atoms with Crippen LogP contribution in [0.25, 0.3) is 11.0 Å². The van der Waals surface area contributed by atoms with E-state index in [1.807, 2.05) is 43.3 Å². The molecule has 0 saturated carbocycles. The van der Waals surface area contributed by atoms with Gasteiger partial charge in [-0.05, 0) is 30.7 Å². The van der Waals surface area contributed by atoms with E-state index in [2.05, 4.69) is 15.3 Å². The van der Waals surface area contributed by atoms with Crippen LogP contribution in [0.5, 0.6) is 11.5 Å². The molecule has 118 valence electrons. The Balaban J connectivity index is 2.08. The molecule has 0 atom stereocenters. The van der Waals surface area contributed by atoms with Gasteiger partial charge in [0.2, 0.25) is 0 Å². The van der Waals surface area contributed by atoms with Gasteiger partial charge < -0.3 is 20.5 Å². The van der Waals surface area contributed by atoms with Crippen LogP contribution in [-0.2, 0) is 0 Å². The summed E-state index contributed by atoms with van der Waals surface area (Å²) in [7, 11) is 3.24. The third-order valence-corrected chi connectivity index (χ3v) is 3.54. The lowest BCUT2D eigenvalue weighted by Gasteiger charge is -2.15. The number of hydrogen-bond acceptors (Lipinski definition) is 6. The third-order valence-electron chi connectivity index (χ3n) is 3.54. The molecular weight excluding hydrogens is 292 g/mol. The van der Waals surface area contributed by atoms with E-state index in [9.17, 15) is 0 Å². The van der Waals surface area contributed by atoms with Crippen molar-refractivity contribution in [2.45, 2.75) is 6.92 Å². The van der Waals surface area contributed by atoms with Crippen molar-refractivity contribution in [1.82, 2.24) is 9.97 Å². The molecule has 0 bridgehead atoms. The Morgan fingerprint density at radius 1 is 1.00 bits per heavy atom. The van der Waals surface area contributed by atoms with Gasteiger partial charge in [-0.2, -0.15) is 0 Å². The van der Waals surface area contributed by atoms with Crippen molar-refractivity contribution in [2.24, 2.45) is 0 Å². The van der Waals surface area contributed by atoms with Gasteiger partial charge in [0.15, 0.2) is 11.6 Å². The average molecular weight is 310 g/mol. The third kappa shape index (κ3) is 2.83. The highest BCUT2D eigenvalue weighted by Gasteiger charge is 2.13. The summed E-state index contributed by atoms with van der Waals surface area (Å²) in [5.74, 6) is 2.24. The van der Waals surface area contributed by atoms with E-state index in [-0.39, 0.29) is 0 Å². The van der Waals surface area contributed by atoms with Crippen LogP contribution in [0, 0.1) is 6.92 Å². The second kappa shape index (κ2) is 6.00. The van der Waals surface area contributed by atoms with Crippen molar-refractivity contribution < 1.29 is 9.47 Å². The molecule has 0 aliphatic carbocycles. The van der Waals surface area contributed by atoms with Gasteiger partial charge in [-0.3, -0.25) is 0 Å². The summed E-state index contributed by atoms with van der Waals surface area (Å²) in [5.41, 5.74) is 9.22. The van der Waals surface area contributed by atoms with Gasteiger partial charge in [0.1, 0.15) is 11.5 Å². The van der Waals surface area contributed by atoms with Gasteiger partial charge in [0.05, 0.1) is 30.9 Å². The number of para-hydroxylation sites is 2. The fourth-order valence-electron chi connectivity index (χ4n) is 2.46. The summed E-state index contributed by atoms with van der Waals surface area (Å²) in [4.78, 5) is 8.91. The predicted octanol–water partition coefficient (Wildman–Crippen LogP) is 3.28. The summed E-state index contributed by atoms with van der Waals surface area (Å²) < 4.78 is 10.8. The molecule has 0 unspecified atom stereocenters. The maximum absolute atomic E-state index is 6.03. The SMILES string of the molecule is COc1cc(C)c(OC)c(Nc2nc3ccccc3nc2N)c1. The first kappa shape index (κ1) is 14.9. The molecule has 3 aromatic rings. The second-order valence-corrected chi connectivity index (χ2v) is 5.10. The summed E-state index contributed by atoms with van der Waals surface area (Å²) in [5, 5.41) is 3.20. The molecule has 6 heteroatoms. The maximum atomic E-state index is 6.03. The Labute approximate surface area is 134 Å². The van der Waals surface area contributed by atoms with E-state index in [1.54, 1.807) is 14.2 Å². The number of aryl methyl sites for hydroxylation is 1. The largest absolute Gasteiger partial charge is 0.497 e. The highest BCUT2D eigenvalue weighted by Crippen LogP contribution is 2.35. The zero-order chi connectivity index (χ0) is 16.4. The van der Waals surface area contributed by atoms with Crippen molar-refractivity contribution >= 4 is 28.4 Å². The van der Waals surface area contributed by atoms with Gasteiger partial charge in [-0.25, -0.2) is 9.97 Å². The first-order chi connectivity index (χ1) is 11.1. The first-order valence-corrected chi connectivity index (χ1v) is 7.14. The van der Waals surface area contributed by atoms with Gasteiger partial charge in [0, 0.05) is 6.07 Å². The lowest BCUT2D eigenvalue weighted by atomic mass is 10.1. The minimum atomic E-state index is 0.325. The Morgan fingerprint density at radius 3 is 2.35 bits per heavy atom. The van der Waals surface area contributed by atoms with Crippen LogP contribution in [0.1, 0.15) is 5.56 Å². The second-order valence-electron chi connectivity index (χ2n) is 5.10. The molecule has 1 aromatic heterocycles. The van der Waals surface area contributed by atoms with Crippen molar-refractivity contribution in [3.05, 3.63) is 42.0 Å². The molecule has 0 saturated heterocycles. The van der Waals surface area contributed by atoms with E-state index in [0.717, 1.165) is 28.0 Å². The van der Waals surface area contributed by atoms with Crippen molar-refractivity contribution in [3.63, 3.8) is 0 Å². The smallest absolute Gasteiger partial charge is 0.174 e. The molecule has 3 N–H and O–H groups in total. The quantitative estimate of drug-likeness (QED) is 0.769. The maximum Gasteiger partial charge on any atom is 0.174 e. The molecule has 6 nitrogen and oxygen atoms in total. The minimum Gasteiger partial charge on any atom is -0.497 e. The van der Waals surface area contributed by atoms with Gasteiger partial charge in [0.25, 0.3) is 0 Å². The molecule has 23 heavy (non-hydrogen) atoms. The molecule has 0 fully saturated rings. The highest BCUT2D eigenvalue weighted by molar-refractivity contribution is 5.82. The highest BCUT2D eigenvalue weighted by atomic mass is 16.5. The van der Waals surface area contributed by atoms with Crippen LogP contribution in [-0.4, -0.2) is 24.2 Å². The van der Waals surface area contributed by atoms with Crippen molar-refractivity contribution in [2.75, 3.05) is 25.3 Å². The topological polar surface area (TPSA) is 82.3 Å². The summed E-state index contributed by atoms with van der Waals surface area (Å²) in [6, 6.07) is 11.3. The molecule has 3 rings (SSSR count). The Bertz CT molecular complexity index is 865. The zero-order valence-corrected chi connectivity index (χ0v) is 13.3. The number of nitrogen functional groups attached to an aromatic ring is 1. The number of rotatable bonds is 4. The summed E-state index contributed by atoms with van der Waals surface area (Å²) in [6.45, 7) is 1.95. The van der Waals surface area contributed by atoms with E-state index < -0.39 is 0 Å². The molecule has 0 spiro atoms. The Morgan fingerprint density at radius 2 is 1.70 bits per heavy atom. The van der Waals surface area contributed by atoms with Gasteiger partial charge >= 0.3 is 0 Å². The number of benzene rings is 2. The van der Waals surface area contributed by atoms with Crippen LogP contribution in [0.2, 0.25) is 0 Å². The summed E-state index contributed by atoms with van der Waals surface area (Å²) in [6.07, 6.45) is 0. The number of methoxy groups -OCH3 is 2. The van der Waals surface area contributed by atoms with E-state index in [0.29, 0.717) is 17.4 Å². The lowest BCUT2D eigenvalue weighted by molar-refractivity contribution is 0.402.